The average Bonchev–Trinajstić information content (AvgIpc) is 2.89. The molecule has 2 N–H and O–H groups in total. The van der Waals surface area contributed by atoms with Crippen LogP contribution in [0.4, 0.5) is 0 Å². The summed E-state index contributed by atoms with van der Waals surface area (Å²) >= 11 is 1.56. The second-order valence-corrected chi connectivity index (χ2v) is 7.15. The first-order chi connectivity index (χ1) is 10.0. The molecule has 0 spiro atoms. The largest absolute Gasteiger partial charge is 0.313 e. The van der Waals surface area contributed by atoms with Gasteiger partial charge in [-0.25, -0.2) is 18.1 Å². The first-order valence-corrected chi connectivity index (χ1v) is 9.12. The standard InChI is InChI=1S/C14H19N3O2S2/c1-3-15-6-12-4-5-14(16-7-12)21(18,19)17-8-13-10-20-9-11(13)2/h4-5,7,9-10,15,17H,3,6,8H2,1-2H3. The quantitative estimate of drug-likeness (QED) is 0.817. The average molecular weight is 325 g/mol. The minimum Gasteiger partial charge on any atom is -0.313 e. The Bertz CT molecular complexity index is 678. The number of aryl methyl sites for hydroxylation is 1. The number of sulfonamides is 1. The zero-order valence-corrected chi connectivity index (χ0v) is 13.7. The molecule has 0 fully saturated rings. The van der Waals surface area contributed by atoms with Gasteiger partial charge < -0.3 is 5.32 Å². The first kappa shape index (κ1) is 16.1. The van der Waals surface area contributed by atoms with Crippen LogP contribution in [0.2, 0.25) is 0 Å². The summed E-state index contributed by atoms with van der Waals surface area (Å²) in [6.07, 6.45) is 1.59. The maximum Gasteiger partial charge on any atom is 0.258 e. The normalized spacial score (nSPS) is 11.7. The van der Waals surface area contributed by atoms with Gasteiger partial charge >= 0.3 is 0 Å². The summed E-state index contributed by atoms with van der Waals surface area (Å²) in [6, 6.07) is 3.32. The highest BCUT2D eigenvalue weighted by Gasteiger charge is 2.15. The Morgan fingerprint density at radius 1 is 1.24 bits per heavy atom. The fraction of sp³-hybridized carbons (Fsp3) is 0.357. The molecule has 2 aromatic heterocycles. The summed E-state index contributed by atoms with van der Waals surface area (Å²) in [5.41, 5.74) is 3.05. The van der Waals surface area contributed by atoms with Crippen LogP contribution >= 0.6 is 11.3 Å². The van der Waals surface area contributed by atoms with Gasteiger partial charge in [0.25, 0.3) is 10.0 Å². The highest BCUT2D eigenvalue weighted by atomic mass is 32.2. The van der Waals surface area contributed by atoms with Crippen LogP contribution in [0.3, 0.4) is 0 Å². The van der Waals surface area contributed by atoms with Crippen molar-refractivity contribution in [1.29, 1.82) is 0 Å². The second-order valence-electron chi connectivity index (χ2n) is 4.69. The van der Waals surface area contributed by atoms with E-state index in [1.165, 1.54) is 6.07 Å². The molecule has 0 aliphatic carbocycles. The number of nitrogens with zero attached hydrogens (tertiary/aromatic N) is 1. The van der Waals surface area contributed by atoms with E-state index in [0.29, 0.717) is 13.1 Å². The molecule has 0 saturated carbocycles. The van der Waals surface area contributed by atoms with E-state index >= 15 is 0 Å². The lowest BCUT2D eigenvalue weighted by atomic mass is 10.2. The van der Waals surface area contributed by atoms with Gasteiger partial charge in [0, 0.05) is 19.3 Å². The summed E-state index contributed by atoms with van der Waals surface area (Å²) < 4.78 is 26.9. The summed E-state index contributed by atoms with van der Waals surface area (Å²) in [7, 11) is -3.57. The topological polar surface area (TPSA) is 71.1 Å². The lowest BCUT2D eigenvalue weighted by molar-refractivity contribution is 0.577. The highest BCUT2D eigenvalue weighted by molar-refractivity contribution is 7.89. The molecule has 7 heteroatoms. The van der Waals surface area contributed by atoms with Crippen molar-refractivity contribution in [2.24, 2.45) is 0 Å². The Morgan fingerprint density at radius 2 is 2.05 bits per heavy atom. The van der Waals surface area contributed by atoms with Crippen LogP contribution in [0.25, 0.3) is 0 Å². The van der Waals surface area contributed by atoms with Crippen molar-refractivity contribution >= 4 is 21.4 Å². The zero-order valence-electron chi connectivity index (χ0n) is 12.1. The zero-order chi connectivity index (χ0) is 15.3. The molecule has 2 rings (SSSR count). The Hall–Kier alpha value is -1.28. The molecule has 21 heavy (non-hydrogen) atoms. The molecular weight excluding hydrogens is 306 g/mol. The third-order valence-corrected chi connectivity index (χ3v) is 5.29. The van der Waals surface area contributed by atoms with Crippen LogP contribution in [-0.4, -0.2) is 19.9 Å². The van der Waals surface area contributed by atoms with E-state index in [4.69, 9.17) is 0 Å². The summed E-state index contributed by atoms with van der Waals surface area (Å²) in [4.78, 5) is 4.04. The third kappa shape index (κ3) is 4.34. The Morgan fingerprint density at radius 3 is 2.62 bits per heavy atom. The van der Waals surface area contributed by atoms with Gasteiger partial charge in [-0.2, -0.15) is 11.3 Å². The number of rotatable bonds is 7. The van der Waals surface area contributed by atoms with Crippen LogP contribution < -0.4 is 10.0 Å². The molecule has 0 aliphatic heterocycles. The van der Waals surface area contributed by atoms with Gasteiger partial charge in [0.2, 0.25) is 0 Å². The number of pyridine rings is 1. The first-order valence-electron chi connectivity index (χ1n) is 6.70. The van der Waals surface area contributed by atoms with Crippen molar-refractivity contribution in [2.75, 3.05) is 6.54 Å². The molecule has 0 unspecified atom stereocenters. The molecular formula is C14H19N3O2S2. The molecule has 0 atom stereocenters. The molecule has 5 nitrogen and oxygen atoms in total. The van der Waals surface area contributed by atoms with Crippen LogP contribution in [0.5, 0.6) is 0 Å². The van der Waals surface area contributed by atoms with Gasteiger partial charge in [0.05, 0.1) is 0 Å². The maximum absolute atomic E-state index is 12.2. The SMILES string of the molecule is CCNCc1ccc(S(=O)(=O)NCc2cscc2C)nc1. The predicted molar refractivity (Wildman–Crippen MR) is 84.7 cm³/mol. The second kappa shape index (κ2) is 7.13. The summed E-state index contributed by atoms with van der Waals surface area (Å²) in [5.74, 6) is 0. The predicted octanol–water partition coefficient (Wildman–Crippen LogP) is 2.04. The minimum absolute atomic E-state index is 0.0515. The van der Waals surface area contributed by atoms with Crippen LogP contribution in [0, 0.1) is 6.92 Å². The van der Waals surface area contributed by atoms with Crippen LogP contribution in [-0.2, 0) is 23.1 Å². The molecule has 2 heterocycles. The van der Waals surface area contributed by atoms with Gasteiger partial charge in [-0.05, 0) is 47.0 Å². The number of hydrogen-bond acceptors (Lipinski definition) is 5. The fourth-order valence-electron chi connectivity index (χ4n) is 1.76. The van der Waals surface area contributed by atoms with E-state index in [2.05, 4.69) is 15.0 Å². The van der Waals surface area contributed by atoms with E-state index in [9.17, 15) is 8.42 Å². The maximum atomic E-state index is 12.2. The van der Waals surface area contributed by atoms with E-state index < -0.39 is 10.0 Å². The van der Waals surface area contributed by atoms with E-state index in [-0.39, 0.29) is 5.03 Å². The van der Waals surface area contributed by atoms with Gasteiger partial charge in [-0.1, -0.05) is 13.0 Å². The van der Waals surface area contributed by atoms with Gasteiger partial charge in [-0.3, -0.25) is 0 Å². The molecule has 0 aromatic carbocycles. The van der Waals surface area contributed by atoms with Crippen LogP contribution in [0.1, 0.15) is 23.6 Å². The highest BCUT2D eigenvalue weighted by Crippen LogP contribution is 2.14. The van der Waals surface area contributed by atoms with E-state index in [0.717, 1.165) is 23.2 Å². The lowest BCUT2D eigenvalue weighted by Crippen LogP contribution is -2.24. The minimum atomic E-state index is -3.57. The monoisotopic (exact) mass is 325 g/mol. The van der Waals surface area contributed by atoms with Crippen molar-refractivity contribution < 1.29 is 8.42 Å². The molecule has 0 bridgehead atoms. The third-order valence-electron chi connectivity index (χ3n) is 3.07. The van der Waals surface area contributed by atoms with E-state index in [1.807, 2.05) is 24.6 Å². The Balaban J connectivity index is 2.03. The number of hydrogen-bond donors (Lipinski definition) is 2. The smallest absolute Gasteiger partial charge is 0.258 e. The van der Waals surface area contributed by atoms with Crippen LogP contribution in [0.15, 0.2) is 34.1 Å². The van der Waals surface area contributed by atoms with E-state index in [1.54, 1.807) is 23.6 Å². The van der Waals surface area contributed by atoms with Crippen molar-refractivity contribution in [1.82, 2.24) is 15.0 Å². The molecule has 114 valence electrons. The van der Waals surface area contributed by atoms with Crippen molar-refractivity contribution in [3.05, 3.63) is 45.8 Å². The lowest BCUT2D eigenvalue weighted by Gasteiger charge is -2.07. The number of thiophene rings is 1. The van der Waals surface area contributed by atoms with Gasteiger partial charge in [-0.15, -0.1) is 0 Å². The molecule has 2 aromatic rings. The summed E-state index contributed by atoms with van der Waals surface area (Å²) in [5, 5.41) is 7.17. The fourth-order valence-corrected chi connectivity index (χ4v) is 3.55. The molecule has 0 radical (unpaired) electrons. The Kier molecular flexibility index (Phi) is 5.46. The molecule has 0 amide bonds. The van der Waals surface area contributed by atoms with Crippen molar-refractivity contribution in [2.45, 2.75) is 32.0 Å². The van der Waals surface area contributed by atoms with Crippen molar-refractivity contribution in [3.8, 4) is 0 Å². The number of aromatic nitrogens is 1. The van der Waals surface area contributed by atoms with Gasteiger partial charge in [0.15, 0.2) is 5.03 Å². The number of nitrogens with one attached hydrogen (secondary N) is 2. The molecule has 0 saturated heterocycles. The molecule has 0 aliphatic rings. The summed E-state index contributed by atoms with van der Waals surface area (Å²) in [6.45, 7) is 5.82. The van der Waals surface area contributed by atoms with Crippen molar-refractivity contribution in [3.63, 3.8) is 0 Å². The van der Waals surface area contributed by atoms with Gasteiger partial charge in [0.1, 0.15) is 0 Å². The Labute approximate surface area is 129 Å².